The number of hydrogen-bond donors (Lipinski definition) is 1. The number of anilines is 1. The number of alkyl halides is 2. The number of halogens is 3. The monoisotopic (exact) mass is 369 g/mol. The number of benzene rings is 2. The molecule has 0 saturated heterocycles. The molecule has 0 radical (unpaired) electrons. The van der Waals surface area contributed by atoms with Crippen molar-refractivity contribution in [1.29, 1.82) is 0 Å². The molecule has 8 heteroatoms. The highest BCUT2D eigenvalue weighted by Gasteiger charge is 2.12. The van der Waals surface area contributed by atoms with E-state index in [9.17, 15) is 22.8 Å². The van der Waals surface area contributed by atoms with Crippen LogP contribution in [-0.4, -0.2) is 24.2 Å². The van der Waals surface area contributed by atoms with Crippen LogP contribution in [0.4, 0.5) is 18.9 Å². The van der Waals surface area contributed by atoms with Crippen LogP contribution in [0.5, 0.6) is 0 Å². The van der Waals surface area contributed by atoms with E-state index in [0.717, 1.165) is 6.07 Å². The molecular weight excluding hydrogens is 355 g/mol. The summed E-state index contributed by atoms with van der Waals surface area (Å²) >= 11 is 0.394. The van der Waals surface area contributed by atoms with Crippen LogP contribution in [0.25, 0.3) is 0 Å². The van der Waals surface area contributed by atoms with Crippen LogP contribution in [-0.2, 0) is 9.53 Å². The molecule has 2 aromatic carbocycles. The van der Waals surface area contributed by atoms with Gasteiger partial charge in [-0.25, -0.2) is 9.18 Å². The summed E-state index contributed by atoms with van der Waals surface area (Å²) in [4.78, 5) is 23.9. The van der Waals surface area contributed by atoms with Gasteiger partial charge in [-0.2, -0.15) is 8.78 Å². The molecule has 2 aromatic rings. The summed E-state index contributed by atoms with van der Waals surface area (Å²) in [5, 5.41) is 2.46. The van der Waals surface area contributed by atoms with E-state index in [1.54, 1.807) is 6.92 Å². The Morgan fingerprint density at radius 2 is 1.84 bits per heavy atom. The minimum absolute atomic E-state index is 0.00396. The first kappa shape index (κ1) is 18.9. The molecule has 0 aliphatic heterocycles. The first-order valence-electron chi connectivity index (χ1n) is 7.13. The van der Waals surface area contributed by atoms with Crippen molar-refractivity contribution in [1.82, 2.24) is 0 Å². The maximum Gasteiger partial charge on any atom is 0.338 e. The van der Waals surface area contributed by atoms with Crippen LogP contribution in [0.15, 0.2) is 47.4 Å². The van der Waals surface area contributed by atoms with Gasteiger partial charge < -0.3 is 10.1 Å². The fraction of sp³-hybridized carbons (Fsp3) is 0.176. The quantitative estimate of drug-likeness (QED) is 0.611. The molecule has 1 amide bonds. The topological polar surface area (TPSA) is 55.4 Å². The minimum atomic E-state index is -2.52. The van der Waals surface area contributed by atoms with Gasteiger partial charge >= 0.3 is 5.97 Å². The normalized spacial score (nSPS) is 10.6. The summed E-state index contributed by atoms with van der Waals surface area (Å²) < 4.78 is 42.6. The third-order valence-electron chi connectivity index (χ3n) is 3.11. The summed E-state index contributed by atoms with van der Waals surface area (Å²) in [6.45, 7) is 1.00. The average Bonchev–Trinajstić information content (AvgIpc) is 2.56. The predicted molar refractivity (Wildman–Crippen MR) is 88.4 cm³/mol. The Kier molecular flexibility index (Phi) is 6.46. The molecule has 2 rings (SSSR count). The lowest BCUT2D eigenvalue weighted by atomic mass is 10.1. The van der Waals surface area contributed by atoms with Gasteiger partial charge in [-0.15, -0.1) is 0 Å². The second-order valence-electron chi connectivity index (χ2n) is 4.99. The second kappa shape index (κ2) is 8.57. The number of hydrogen-bond acceptors (Lipinski definition) is 4. The maximum absolute atomic E-state index is 13.4. The standard InChI is InChI=1S/C17H14F3NO3S/c1-10-2-3-11(8-14(10)18)16(23)24-9-15(22)21-12-4-6-13(7-5-12)25-17(19)20/h2-8,17H,9H2,1H3,(H,21,22). The Balaban J connectivity index is 1.85. The zero-order valence-corrected chi connectivity index (χ0v) is 13.9. The Morgan fingerprint density at radius 1 is 1.16 bits per heavy atom. The first-order chi connectivity index (χ1) is 11.8. The summed E-state index contributed by atoms with van der Waals surface area (Å²) in [7, 11) is 0. The van der Waals surface area contributed by atoms with E-state index in [4.69, 9.17) is 4.74 Å². The van der Waals surface area contributed by atoms with Gasteiger partial charge in [0, 0.05) is 10.6 Å². The van der Waals surface area contributed by atoms with Gasteiger partial charge in [0.15, 0.2) is 6.61 Å². The number of rotatable bonds is 6. The number of amides is 1. The second-order valence-corrected chi connectivity index (χ2v) is 6.05. The lowest BCUT2D eigenvalue weighted by Crippen LogP contribution is -2.21. The Morgan fingerprint density at radius 3 is 2.44 bits per heavy atom. The highest BCUT2D eigenvalue weighted by Crippen LogP contribution is 2.26. The molecule has 0 aliphatic carbocycles. The predicted octanol–water partition coefficient (Wildman–Crippen LogP) is 4.24. The fourth-order valence-electron chi connectivity index (χ4n) is 1.85. The molecular formula is C17H14F3NO3S. The van der Waals surface area contributed by atoms with E-state index in [-0.39, 0.29) is 5.56 Å². The number of esters is 1. The van der Waals surface area contributed by atoms with Crippen molar-refractivity contribution in [3.05, 3.63) is 59.4 Å². The van der Waals surface area contributed by atoms with Crippen LogP contribution in [0, 0.1) is 12.7 Å². The summed E-state index contributed by atoms with van der Waals surface area (Å²) in [6.07, 6.45) is 0. The summed E-state index contributed by atoms with van der Waals surface area (Å²) in [6, 6.07) is 9.67. The molecule has 0 bridgehead atoms. The van der Waals surface area contributed by atoms with Crippen molar-refractivity contribution >= 4 is 29.3 Å². The molecule has 132 valence electrons. The van der Waals surface area contributed by atoms with Gasteiger partial charge in [0.05, 0.1) is 5.56 Å². The van der Waals surface area contributed by atoms with Gasteiger partial charge in [-0.1, -0.05) is 17.8 Å². The Labute approximate surface area is 146 Å². The molecule has 0 aromatic heterocycles. The van der Waals surface area contributed by atoms with Gasteiger partial charge in [-0.3, -0.25) is 4.79 Å². The lowest BCUT2D eigenvalue weighted by molar-refractivity contribution is -0.119. The van der Waals surface area contributed by atoms with E-state index < -0.39 is 30.1 Å². The fourth-order valence-corrected chi connectivity index (χ4v) is 2.35. The largest absolute Gasteiger partial charge is 0.452 e. The van der Waals surface area contributed by atoms with Crippen molar-refractivity contribution in [3.8, 4) is 0 Å². The van der Waals surface area contributed by atoms with Gasteiger partial charge in [-0.05, 0) is 48.9 Å². The van der Waals surface area contributed by atoms with E-state index >= 15 is 0 Å². The van der Waals surface area contributed by atoms with Gasteiger partial charge in [0.2, 0.25) is 0 Å². The van der Waals surface area contributed by atoms with E-state index in [2.05, 4.69) is 5.32 Å². The SMILES string of the molecule is Cc1ccc(C(=O)OCC(=O)Nc2ccc(SC(F)F)cc2)cc1F. The van der Waals surface area contributed by atoms with Crippen LogP contribution in [0.2, 0.25) is 0 Å². The van der Waals surface area contributed by atoms with E-state index in [1.807, 2.05) is 0 Å². The minimum Gasteiger partial charge on any atom is -0.452 e. The molecule has 0 spiro atoms. The van der Waals surface area contributed by atoms with Crippen molar-refractivity contribution < 1.29 is 27.5 Å². The molecule has 0 heterocycles. The van der Waals surface area contributed by atoms with Gasteiger partial charge in [0.1, 0.15) is 5.82 Å². The van der Waals surface area contributed by atoms with Crippen LogP contribution >= 0.6 is 11.8 Å². The third-order valence-corrected chi connectivity index (χ3v) is 3.83. The van der Waals surface area contributed by atoms with Crippen LogP contribution < -0.4 is 5.32 Å². The maximum atomic E-state index is 13.4. The highest BCUT2D eigenvalue weighted by atomic mass is 32.2. The first-order valence-corrected chi connectivity index (χ1v) is 8.01. The van der Waals surface area contributed by atoms with Crippen molar-refractivity contribution in [2.45, 2.75) is 17.6 Å². The number of nitrogens with one attached hydrogen (secondary N) is 1. The third kappa shape index (κ3) is 5.82. The van der Waals surface area contributed by atoms with Crippen molar-refractivity contribution in [2.75, 3.05) is 11.9 Å². The summed E-state index contributed by atoms with van der Waals surface area (Å²) in [5.74, 6) is -4.49. The van der Waals surface area contributed by atoms with Crippen molar-refractivity contribution in [3.63, 3.8) is 0 Å². The zero-order chi connectivity index (χ0) is 18.4. The molecule has 0 fully saturated rings. The van der Waals surface area contributed by atoms with E-state index in [1.165, 1.54) is 36.4 Å². The number of carbonyl (C=O) groups is 2. The number of thioether (sulfide) groups is 1. The molecule has 0 atom stereocenters. The Bertz CT molecular complexity index is 766. The van der Waals surface area contributed by atoms with E-state index in [0.29, 0.717) is 27.9 Å². The Hall–Kier alpha value is -2.48. The van der Waals surface area contributed by atoms with Crippen LogP contribution in [0.1, 0.15) is 15.9 Å². The molecule has 0 aliphatic rings. The van der Waals surface area contributed by atoms with Crippen molar-refractivity contribution in [2.24, 2.45) is 0 Å². The lowest BCUT2D eigenvalue weighted by Gasteiger charge is -2.08. The smallest absolute Gasteiger partial charge is 0.338 e. The number of carbonyl (C=O) groups excluding carboxylic acids is 2. The molecule has 4 nitrogen and oxygen atoms in total. The van der Waals surface area contributed by atoms with Gasteiger partial charge in [0.25, 0.3) is 11.7 Å². The van der Waals surface area contributed by atoms with Crippen LogP contribution in [0.3, 0.4) is 0 Å². The average molecular weight is 369 g/mol. The number of aryl methyl sites for hydroxylation is 1. The molecule has 0 saturated carbocycles. The summed E-state index contributed by atoms with van der Waals surface area (Å²) in [5.41, 5.74) is 0.771. The highest BCUT2D eigenvalue weighted by molar-refractivity contribution is 7.99. The molecule has 1 N–H and O–H groups in total. The number of ether oxygens (including phenoxy) is 1. The molecule has 25 heavy (non-hydrogen) atoms. The molecule has 0 unspecified atom stereocenters. The zero-order valence-electron chi connectivity index (χ0n) is 13.1.